The number of rotatable bonds is 10. The van der Waals surface area contributed by atoms with Crippen LogP contribution >= 0.6 is 11.6 Å². The van der Waals surface area contributed by atoms with E-state index in [0.717, 1.165) is 11.1 Å². The summed E-state index contributed by atoms with van der Waals surface area (Å²) in [6.07, 6.45) is 1.50. The van der Waals surface area contributed by atoms with Crippen LogP contribution in [-0.4, -0.2) is 35.8 Å². The average Bonchev–Trinajstić information content (AvgIpc) is 2.70. The summed E-state index contributed by atoms with van der Waals surface area (Å²) in [7, 11) is 0. The van der Waals surface area contributed by atoms with E-state index in [9.17, 15) is 9.59 Å². The first-order valence-corrected chi connectivity index (χ1v) is 10.6. The van der Waals surface area contributed by atoms with E-state index in [4.69, 9.17) is 11.6 Å². The van der Waals surface area contributed by atoms with Crippen LogP contribution in [-0.2, 0) is 22.4 Å². The number of benzene rings is 2. The Morgan fingerprint density at radius 2 is 1.72 bits per heavy atom. The van der Waals surface area contributed by atoms with Crippen molar-refractivity contribution in [2.45, 2.75) is 46.1 Å². The Labute approximate surface area is 179 Å². The van der Waals surface area contributed by atoms with Gasteiger partial charge in [0.2, 0.25) is 11.8 Å². The second-order valence-electron chi connectivity index (χ2n) is 7.69. The van der Waals surface area contributed by atoms with Gasteiger partial charge in [-0.2, -0.15) is 0 Å². The highest BCUT2D eigenvalue weighted by atomic mass is 35.5. The van der Waals surface area contributed by atoms with Crippen LogP contribution < -0.4 is 5.32 Å². The average molecular weight is 415 g/mol. The zero-order valence-electron chi connectivity index (χ0n) is 17.5. The third-order valence-electron chi connectivity index (χ3n) is 4.80. The Bertz CT molecular complexity index is 792. The minimum atomic E-state index is -0.482. The van der Waals surface area contributed by atoms with Gasteiger partial charge in [0.25, 0.3) is 0 Å². The Kier molecular flexibility index (Phi) is 9.20. The van der Waals surface area contributed by atoms with E-state index in [2.05, 4.69) is 19.2 Å². The van der Waals surface area contributed by atoms with Crippen LogP contribution in [0.15, 0.2) is 54.6 Å². The zero-order valence-corrected chi connectivity index (χ0v) is 18.3. The lowest BCUT2D eigenvalue weighted by Gasteiger charge is -2.31. The molecule has 1 atom stereocenters. The number of carbonyl (C=O) groups is 2. The van der Waals surface area contributed by atoms with Gasteiger partial charge in [-0.25, -0.2) is 0 Å². The maximum Gasteiger partial charge on any atom is 0.242 e. The highest BCUT2D eigenvalue weighted by Gasteiger charge is 2.28. The van der Waals surface area contributed by atoms with Crippen molar-refractivity contribution in [2.24, 2.45) is 5.92 Å². The maximum absolute atomic E-state index is 13.2. The van der Waals surface area contributed by atoms with Crippen molar-refractivity contribution in [3.63, 3.8) is 0 Å². The van der Waals surface area contributed by atoms with E-state index >= 15 is 0 Å². The van der Waals surface area contributed by atoms with Gasteiger partial charge in [0.1, 0.15) is 6.04 Å². The van der Waals surface area contributed by atoms with Gasteiger partial charge < -0.3 is 10.2 Å². The highest BCUT2D eigenvalue weighted by molar-refractivity contribution is 6.30. The number of nitrogens with one attached hydrogen (secondary N) is 1. The van der Waals surface area contributed by atoms with Crippen molar-refractivity contribution in [3.05, 3.63) is 70.7 Å². The number of hydrogen-bond acceptors (Lipinski definition) is 2. The van der Waals surface area contributed by atoms with E-state index in [1.54, 1.807) is 17.0 Å². The molecule has 0 heterocycles. The third-order valence-corrected chi connectivity index (χ3v) is 5.03. The lowest BCUT2D eigenvalue weighted by molar-refractivity contribution is -0.140. The molecule has 5 heteroatoms. The van der Waals surface area contributed by atoms with Crippen molar-refractivity contribution in [2.75, 3.05) is 13.1 Å². The summed E-state index contributed by atoms with van der Waals surface area (Å²) in [5.41, 5.74) is 2.00. The summed E-state index contributed by atoms with van der Waals surface area (Å²) in [5, 5.41) is 3.59. The fraction of sp³-hybridized carbons (Fsp3) is 0.417. The van der Waals surface area contributed by atoms with Gasteiger partial charge in [0.15, 0.2) is 0 Å². The van der Waals surface area contributed by atoms with Gasteiger partial charge in [0, 0.05) is 18.1 Å². The molecule has 0 bridgehead atoms. The third kappa shape index (κ3) is 7.54. The normalized spacial score (nSPS) is 11.9. The number of amides is 2. The van der Waals surface area contributed by atoms with Crippen LogP contribution in [0, 0.1) is 5.92 Å². The Hall–Kier alpha value is -2.33. The van der Waals surface area contributed by atoms with Crippen molar-refractivity contribution < 1.29 is 9.59 Å². The molecular formula is C24H31ClN2O2. The first kappa shape index (κ1) is 23.0. The summed E-state index contributed by atoms with van der Waals surface area (Å²) < 4.78 is 0. The molecule has 0 unspecified atom stereocenters. The Morgan fingerprint density at radius 1 is 1.03 bits per heavy atom. The predicted molar refractivity (Wildman–Crippen MR) is 119 cm³/mol. The standard InChI is InChI=1S/C24H31ClN2O2/c1-4-22(24(29)26-17-18(2)3)27(14-13-19-9-6-5-7-10-19)23(28)16-20-11-8-12-21(25)15-20/h5-12,15,18,22H,4,13-14,16-17H2,1-3H3,(H,26,29)/t22-/m1/s1. The fourth-order valence-electron chi connectivity index (χ4n) is 3.24. The van der Waals surface area contributed by atoms with Gasteiger partial charge in [-0.3, -0.25) is 9.59 Å². The number of nitrogens with zero attached hydrogens (tertiary/aromatic N) is 1. The second-order valence-corrected chi connectivity index (χ2v) is 8.13. The van der Waals surface area contributed by atoms with Gasteiger partial charge in [-0.05, 0) is 42.0 Å². The lowest BCUT2D eigenvalue weighted by Crippen LogP contribution is -2.51. The Balaban J connectivity index is 2.17. The van der Waals surface area contributed by atoms with Crippen molar-refractivity contribution in [3.8, 4) is 0 Å². The molecule has 2 aromatic carbocycles. The molecule has 29 heavy (non-hydrogen) atoms. The van der Waals surface area contributed by atoms with Gasteiger partial charge in [0.05, 0.1) is 6.42 Å². The van der Waals surface area contributed by atoms with Crippen molar-refractivity contribution in [1.29, 1.82) is 0 Å². The molecule has 2 aromatic rings. The molecule has 0 fully saturated rings. The maximum atomic E-state index is 13.2. The van der Waals surface area contributed by atoms with E-state index in [1.165, 1.54) is 0 Å². The first-order valence-electron chi connectivity index (χ1n) is 10.3. The van der Waals surface area contributed by atoms with E-state index in [-0.39, 0.29) is 18.2 Å². The molecule has 0 saturated heterocycles. The number of carbonyl (C=O) groups excluding carboxylic acids is 2. The molecular weight excluding hydrogens is 384 g/mol. The molecule has 4 nitrogen and oxygen atoms in total. The quantitative estimate of drug-likeness (QED) is 0.622. The van der Waals surface area contributed by atoms with E-state index < -0.39 is 6.04 Å². The summed E-state index contributed by atoms with van der Waals surface area (Å²) in [6, 6.07) is 16.9. The first-order chi connectivity index (χ1) is 13.9. The van der Waals surface area contributed by atoms with Crippen LogP contribution in [0.3, 0.4) is 0 Å². The molecule has 1 N–H and O–H groups in total. The van der Waals surface area contributed by atoms with Crippen LogP contribution in [0.5, 0.6) is 0 Å². The molecule has 0 saturated carbocycles. The molecule has 0 spiro atoms. The van der Waals surface area contributed by atoms with Crippen molar-refractivity contribution in [1.82, 2.24) is 10.2 Å². The summed E-state index contributed by atoms with van der Waals surface area (Å²) in [5.74, 6) is 0.208. The number of hydrogen-bond donors (Lipinski definition) is 1. The molecule has 2 amide bonds. The molecule has 0 aliphatic heterocycles. The summed E-state index contributed by atoms with van der Waals surface area (Å²) in [4.78, 5) is 27.7. The topological polar surface area (TPSA) is 49.4 Å². The van der Waals surface area contributed by atoms with Crippen LogP contribution in [0.2, 0.25) is 5.02 Å². The van der Waals surface area contributed by atoms with Gasteiger partial charge >= 0.3 is 0 Å². The minimum Gasteiger partial charge on any atom is -0.354 e. The second kappa shape index (κ2) is 11.6. The fourth-order valence-corrected chi connectivity index (χ4v) is 3.45. The molecule has 2 rings (SSSR count). The van der Waals surface area contributed by atoms with Crippen LogP contribution in [0.1, 0.15) is 38.3 Å². The van der Waals surface area contributed by atoms with Crippen LogP contribution in [0.25, 0.3) is 0 Å². The monoisotopic (exact) mass is 414 g/mol. The van der Waals surface area contributed by atoms with E-state index in [1.807, 2.05) is 49.4 Å². The minimum absolute atomic E-state index is 0.0604. The number of halogens is 1. The molecule has 0 aromatic heterocycles. The molecule has 0 aliphatic carbocycles. The predicted octanol–water partition coefficient (Wildman–Crippen LogP) is 4.50. The van der Waals surface area contributed by atoms with Crippen LogP contribution in [0.4, 0.5) is 0 Å². The van der Waals surface area contributed by atoms with Crippen molar-refractivity contribution >= 4 is 23.4 Å². The molecule has 156 valence electrons. The Morgan fingerprint density at radius 3 is 2.34 bits per heavy atom. The largest absolute Gasteiger partial charge is 0.354 e. The van der Waals surface area contributed by atoms with E-state index in [0.29, 0.717) is 36.9 Å². The smallest absolute Gasteiger partial charge is 0.242 e. The van der Waals surface area contributed by atoms with Gasteiger partial charge in [-0.1, -0.05) is 74.8 Å². The summed E-state index contributed by atoms with van der Waals surface area (Å²) in [6.45, 7) is 7.15. The lowest BCUT2D eigenvalue weighted by atomic mass is 10.1. The summed E-state index contributed by atoms with van der Waals surface area (Å²) >= 11 is 6.07. The van der Waals surface area contributed by atoms with Gasteiger partial charge in [-0.15, -0.1) is 0 Å². The SMILES string of the molecule is CC[C@H](C(=O)NCC(C)C)N(CCc1ccccc1)C(=O)Cc1cccc(Cl)c1. The zero-order chi connectivity index (χ0) is 21.2. The molecule has 0 aliphatic rings. The highest BCUT2D eigenvalue weighted by Crippen LogP contribution is 2.15. The molecule has 0 radical (unpaired) electrons.